The Labute approximate surface area is 84.6 Å². The van der Waals surface area contributed by atoms with Crippen LogP contribution in [0, 0.1) is 0 Å². The molecule has 2 atom stereocenters. The smallest absolute Gasteiger partial charge is 0.407 e. The van der Waals surface area contributed by atoms with E-state index in [2.05, 4.69) is 5.32 Å². The summed E-state index contributed by atoms with van der Waals surface area (Å²) in [5.41, 5.74) is 4.88. The molecule has 0 saturated carbocycles. The maximum absolute atomic E-state index is 11.1. The van der Waals surface area contributed by atoms with Gasteiger partial charge in [0, 0.05) is 12.6 Å². The fraction of sp³-hybridized carbons (Fsp3) is 0.889. The highest BCUT2D eigenvalue weighted by Gasteiger charge is 2.17. The minimum absolute atomic E-state index is 0.104. The molecule has 0 aliphatic heterocycles. The number of hydrogen-bond acceptors (Lipinski definition) is 4. The number of aliphatic hydroxyl groups is 1. The number of alkyl carbamates (subject to hydrolysis) is 1. The van der Waals surface area contributed by atoms with E-state index in [1.807, 2.05) is 0 Å². The average Bonchev–Trinajstić information content (AvgIpc) is 1.96. The third kappa shape index (κ3) is 6.68. The number of rotatable bonds is 3. The number of aliphatic hydroxyl groups excluding tert-OH is 1. The first-order valence-electron chi connectivity index (χ1n) is 4.63. The Morgan fingerprint density at radius 2 is 2.07 bits per heavy atom. The van der Waals surface area contributed by atoms with Crippen molar-refractivity contribution in [2.75, 3.05) is 6.54 Å². The molecular weight excluding hydrogens is 184 g/mol. The van der Waals surface area contributed by atoms with Gasteiger partial charge >= 0.3 is 6.09 Å². The van der Waals surface area contributed by atoms with Crippen molar-refractivity contribution in [1.29, 1.82) is 0 Å². The zero-order chi connectivity index (χ0) is 11.4. The van der Waals surface area contributed by atoms with Gasteiger partial charge in [0.25, 0.3) is 0 Å². The molecule has 0 aliphatic rings. The molecule has 14 heavy (non-hydrogen) atoms. The molecule has 0 aromatic carbocycles. The van der Waals surface area contributed by atoms with Crippen molar-refractivity contribution in [3.05, 3.63) is 0 Å². The van der Waals surface area contributed by atoms with E-state index in [-0.39, 0.29) is 12.6 Å². The number of ether oxygens (including phenoxy) is 1. The van der Waals surface area contributed by atoms with Crippen molar-refractivity contribution in [2.24, 2.45) is 5.73 Å². The highest BCUT2D eigenvalue weighted by atomic mass is 16.6. The van der Waals surface area contributed by atoms with Gasteiger partial charge < -0.3 is 20.9 Å². The predicted octanol–water partition coefficient (Wildman–Crippen LogP) is 0.219. The number of amides is 1. The van der Waals surface area contributed by atoms with Crippen LogP contribution in [-0.2, 0) is 4.74 Å². The van der Waals surface area contributed by atoms with Gasteiger partial charge in [0.15, 0.2) is 0 Å². The Morgan fingerprint density at radius 1 is 1.57 bits per heavy atom. The molecule has 0 rings (SSSR count). The van der Waals surface area contributed by atoms with Crippen LogP contribution in [0.15, 0.2) is 0 Å². The lowest BCUT2D eigenvalue weighted by atomic mass is 10.2. The van der Waals surface area contributed by atoms with Crippen molar-refractivity contribution >= 4 is 6.09 Å². The Bertz CT molecular complexity index is 187. The number of hydrogen-bond donors (Lipinski definition) is 3. The second kappa shape index (κ2) is 5.17. The largest absolute Gasteiger partial charge is 0.444 e. The van der Waals surface area contributed by atoms with Gasteiger partial charge in [-0.3, -0.25) is 0 Å². The molecule has 0 radical (unpaired) electrons. The fourth-order valence-electron chi connectivity index (χ4n) is 0.688. The summed E-state index contributed by atoms with van der Waals surface area (Å²) in [4.78, 5) is 11.1. The van der Waals surface area contributed by atoms with E-state index in [0.717, 1.165) is 0 Å². The van der Waals surface area contributed by atoms with Gasteiger partial charge in [0.2, 0.25) is 0 Å². The van der Waals surface area contributed by atoms with Gasteiger partial charge in [0.05, 0.1) is 6.10 Å². The van der Waals surface area contributed by atoms with E-state index in [0.29, 0.717) is 0 Å². The summed E-state index contributed by atoms with van der Waals surface area (Å²) in [5.74, 6) is 0. The maximum Gasteiger partial charge on any atom is 0.407 e. The monoisotopic (exact) mass is 204 g/mol. The average molecular weight is 204 g/mol. The van der Waals surface area contributed by atoms with Crippen LogP contribution < -0.4 is 11.1 Å². The van der Waals surface area contributed by atoms with Crippen LogP contribution >= 0.6 is 0 Å². The molecular formula is C9H20N2O3. The molecule has 0 aromatic heterocycles. The predicted molar refractivity (Wildman–Crippen MR) is 53.9 cm³/mol. The molecule has 0 aliphatic carbocycles. The standard InChI is InChI=1S/C9H20N2O3/c1-6(10)7(12)5-11-8(13)14-9(2,3)4/h6-7,12H,5,10H2,1-4H3,(H,11,13)/t6?,7-/m0/s1. The molecule has 5 heteroatoms. The molecule has 4 N–H and O–H groups in total. The summed E-state index contributed by atoms with van der Waals surface area (Å²) in [5, 5.41) is 11.7. The molecule has 0 aromatic rings. The Balaban J connectivity index is 3.75. The summed E-state index contributed by atoms with van der Waals surface area (Å²) in [6.45, 7) is 7.09. The third-order valence-electron chi connectivity index (χ3n) is 1.46. The Kier molecular flexibility index (Phi) is 4.87. The summed E-state index contributed by atoms with van der Waals surface area (Å²) in [6, 6.07) is -0.370. The first-order chi connectivity index (χ1) is 6.22. The van der Waals surface area contributed by atoms with E-state index in [1.165, 1.54) is 0 Å². The van der Waals surface area contributed by atoms with Crippen LogP contribution in [0.1, 0.15) is 27.7 Å². The van der Waals surface area contributed by atoms with Gasteiger partial charge in [-0.1, -0.05) is 0 Å². The topological polar surface area (TPSA) is 84.6 Å². The number of nitrogens with two attached hydrogens (primary N) is 1. The van der Waals surface area contributed by atoms with Crippen LogP contribution in [0.3, 0.4) is 0 Å². The fourth-order valence-corrected chi connectivity index (χ4v) is 0.688. The highest BCUT2D eigenvalue weighted by Crippen LogP contribution is 2.06. The van der Waals surface area contributed by atoms with E-state index in [4.69, 9.17) is 10.5 Å². The Hall–Kier alpha value is -0.810. The lowest BCUT2D eigenvalue weighted by Gasteiger charge is -2.21. The van der Waals surface area contributed by atoms with Gasteiger partial charge in [-0.25, -0.2) is 4.79 Å². The molecule has 0 spiro atoms. The van der Waals surface area contributed by atoms with E-state index < -0.39 is 17.8 Å². The second-order valence-electron chi connectivity index (χ2n) is 4.31. The van der Waals surface area contributed by atoms with Crippen molar-refractivity contribution in [3.63, 3.8) is 0 Å². The lowest BCUT2D eigenvalue weighted by Crippen LogP contribution is -2.43. The van der Waals surface area contributed by atoms with Crippen molar-refractivity contribution in [2.45, 2.75) is 45.4 Å². The zero-order valence-corrected chi connectivity index (χ0v) is 9.20. The molecule has 0 heterocycles. The molecule has 0 bridgehead atoms. The van der Waals surface area contributed by atoms with E-state index in [1.54, 1.807) is 27.7 Å². The van der Waals surface area contributed by atoms with Crippen LogP contribution in [0.2, 0.25) is 0 Å². The summed E-state index contributed by atoms with van der Waals surface area (Å²) >= 11 is 0. The molecule has 84 valence electrons. The number of nitrogens with one attached hydrogen (secondary N) is 1. The second-order valence-corrected chi connectivity index (χ2v) is 4.31. The highest BCUT2D eigenvalue weighted by molar-refractivity contribution is 5.67. The van der Waals surface area contributed by atoms with Crippen LogP contribution in [0.5, 0.6) is 0 Å². The SMILES string of the molecule is CC(N)[C@@H](O)CNC(=O)OC(C)(C)C. The van der Waals surface area contributed by atoms with E-state index >= 15 is 0 Å². The van der Waals surface area contributed by atoms with Gasteiger partial charge in [-0.2, -0.15) is 0 Å². The quantitative estimate of drug-likeness (QED) is 0.614. The Morgan fingerprint density at radius 3 is 2.43 bits per heavy atom. The molecule has 5 nitrogen and oxygen atoms in total. The number of carbonyl (C=O) groups is 1. The van der Waals surface area contributed by atoms with Crippen LogP contribution in [0.25, 0.3) is 0 Å². The minimum Gasteiger partial charge on any atom is -0.444 e. The molecule has 1 amide bonds. The zero-order valence-electron chi connectivity index (χ0n) is 9.20. The third-order valence-corrected chi connectivity index (χ3v) is 1.46. The lowest BCUT2D eigenvalue weighted by molar-refractivity contribution is 0.0483. The maximum atomic E-state index is 11.1. The summed E-state index contributed by atoms with van der Waals surface area (Å²) in [6.07, 6.45) is -1.29. The van der Waals surface area contributed by atoms with Crippen LogP contribution in [-0.4, -0.2) is 35.5 Å². The first kappa shape index (κ1) is 13.2. The van der Waals surface area contributed by atoms with Crippen molar-refractivity contribution in [3.8, 4) is 0 Å². The van der Waals surface area contributed by atoms with Crippen molar-refractivity contribution in [1.82, 2.24) is 5.32 Å². The van der Waals surface area contributed by atoms with E-state index in [9.17, 15) is 9.90 Å². The molecule has 0 fully saturated rings. The van der Waals surface area contributed by atoms with Crippen molar-refractivity contribution < 1.29 is 14.6 Å². The number of carbonyl (C=O) groups excluding carboxylic acids is 1. The van der Waals surface area contributed by atoms with Crippen LogP contribution in [0.4, 0.5) is 4.79 Å². The first-order valence-corrected chi connectivity index (χ1v) is 4.63. The molecule has 1 unspecified atom stereocenters. The summed E-state index contributed by atoms with van der Waals surface area (Å²) < 4.78 is 4.97. The summed E-state index contributed by atoms with van der Waals surface area (Å²) in [7, 11) is 0. The molecule has 0 saturated heterocycles. The minimum atomic E-state index is -0.748. The normalized spacial score (nSPS) is 15.9. The van der Waals surface area contributed by atoms with Gasteiger partial charge in [0.1, 0.15) is 5.60 Å². The van der Waals surface area contributed by atoms with Gasteiger partial charge in [-0.15, -0.1) is 0 Å². The van der Waals surface area contributed by atoms with Gasteiger partial charge in [-0.05, 0) is 27.7 Å².